The van der Waals surface area contributed by atoms with E-state index in [4.69, 9.17) is 0 Å². The van der Waals surface area contributed by atoms with Crippen LogP contribution in [-0.4, -0.2) is 19.8 Å². The minimum atomic E-state index is -1.71. The van der Waals surface area contributed by atoms with Crippen LogP contribution < -0.4 is 15.6 Å². The van der Waals surface area contributed by atoms with Crippen molar-refractivity contribution in [3.63, 3.8) is 0 Å². The molecule has 11 heteroatoms. The largest absolute Gasteiger partial charge is 0.331 e. The molecule has 1 aliphatic rings. The van der Waals surface area contributed by atoms with Crippen LogP contribution in [0.25, 0.3) is 26.7 Å². The number of pyridine rings is 1. The van der Waals surface area contributed by atoms with Crippen LogP contribution in [0.1, 0.15) is 6.42 Å². The highest BCUT2D eigenvalue weighted by molar-refractivity contribution is 8.17. The van der Waals surface area contributed by atoms with Crippen molar-refractivity contribution < 1.29 is 13.4 Å². The summed E-state index contributed by atoms with van der Waals surface area (Å²) in [7, 11) is -1.71. The predicted octanol–water partition coefficient (Wildman–Crippen LogP) is 5.02. The number of benzene rings is 2. The van der Waals surface area contributed by atoms with Crippen LogP contribution in [0, 0.1) is 5.82 Å². The second-order valence-electron chi connectivity index (χ2n) is 6.99. The number of aromatic nitrogens is 2. The second kappa shape index (κ2) is 8.93. The van der Waals surface area contributed by atoms with Gasteiger partial charge in [0.2, 0.25) is 0 Å². The fourth-order valence-electron chi connectivity index (χ4n) is 3.36. The molecule has 3 heterocycles. The Labute approximate surface area is 197 Å². The summed E-state index contributed by atoms with van der Waals surface area (Å²) in [5, 5.41) is 5.45. The van der Waals surface area contributed by atoms with Crippen LogP contribution in [0.2, 0.25) is 0 Å². The molecule has 0 fully saturated rings. The number of urea groups is 1. The molecule has 5 rings (SSSR count). The predicted molar refractivity (Wildman–Crippen MR) is 132 cm³/mol. The van der Waals surface area contributed by atoms with Gasteiger partial charge in [0.1, 0.15) is 5.82 Å². The molecule has 1 unspecified atom stereocenters. The first-order valence-corrected chi connectivity index (χ1v) is 12.6. The van der Waals surface area contributed by atoms with Gasteiger partial charge < -0.3 is 5.32 Å². The van der Waals surface area contributed by atoms with Crippen LogP contribution in [0.4, 0.5) is 14.9 Å². The zero-order valence-electron chi connectivity index (χ0n) is 16.8. The summed E-state index contributed by atoms with van der Waals surface area (Å²) in [5.41, 5.74) is 2.37. The van der Waals surface area contributed by atoms with Gasteiger partial charge in [-0.05, 0) is 53.6 Å². The molecule has 2 N–H and O–H groups in total. The number of carbonyl (C=O) groups is 1. The highest BCUT2D eigenvalue weighted by Crippen LogP contribution is 2.26. The molecule has 2 aromatic heterocycles. The lowest BCUT2D eigenvalue weighted by atomic mass is 10.1. The second-order valence-corrected chi connectivity index (χ2v) is 10.3. The first kappa shape index (κ1) is 21.6. The van der Waals surface area contributed by atoms with Crippen molar-refractivity contribution in [1.82, 2.24) is 14.3 Å². The summed E-state index contributed by atoms with van der Waals surface area (Å²) in [6.45, 7) is 0. The molecule has 166 valence electrons. The molecule has 4 aromatic rings. The maximum atomic E-state index is 14.9. The van der Waals surface area contributed by atoms with E-state index >= 15 is 0 Å². The van der Waals surface area contributed by atoms with E-state index in [1.165, 1.54) is 46.0 Å². The normalized spacial score (nSPS) is 14.3. The molecule has 0 saturated carbocycles. The Kier molecular flexibility index (Phi) is 5.83. The average molecular weight is 499 g/mol. The molecule has 2 amide bonds. The Hall–Kier alpha value is -3.28. The van der Waals surface area contributed by atoms with E-state index in [0.29, 0.717) is 16.0 Å². The number of nitrogens with one attached hydrogen (secondary N) is 2. The van der Waals surface area contributed by atoms with Crippen molar-refractivity contribution in [1.29, 1.82) is 0 Å². The maximum absolute atomic E-state index is 14.9. The standard InChI is InChI=1S/C22H15FN4O3S3/c23-16-10-14(25-22(29)26-33(30)20-3-1-2-8-31-20)4-5-18(16)27-7-6-13-9-17-19(32-12-24-17)11-15(13)21(27)28/h2-12H,1H2,(H2,25,26,29). The first-order valence-electron chi connectivity index (χ1n) is 9.69. The Bertz CT molecular complexity index is 1560. The van der Waals surface area contributed by atoms with Gasteiger partial charge in [0.15, 0.2) is 11.0 Å². The number of anilines is 1. The molecular formula is C22H15FN4O3S3. The molecule has 7 nitrogen and oxygen atoms in total. The van der Waals surface area contributed by atoms with E-state index in [0.717, 1.165) is 21.7 Å². The number of fused-ring (bicyclic) bond motifs is 2. The molecule has 0 aliphatic carbocycles. The number of thioether (sulfide) groups is 1. The molecule has 33 heavy (non-hydrogen) atoms. The van der Waals surface area contributed by atoms with E-state index in [1.807, 2.05) is 12.1 Å². The van der Waals surface area contributed by atoms with Gasteiger partial charge in [-0.2, -0.15) is 0 Å². The van der Waals surface area contributed by atoms with Crippen molar-refractivity contribution >= 4 is 66.8 Å². The van der Waals surface area contributed by atoms with Gasteiger partial charge in [-0.3, -0.25) is 14.1 Å². The lowest BCUT2D eigenvalue weighted by Crippen LogP contribution is -2.30. The molecule has 0 radical (unpaired) electrons. The van der Waals surface area contributed by atoms with Crippen molar-refractivity contribution in [2.45, 2.75) is 6.42 Å². The number of carbonyl (C=O) groups excluding carboxylic acids is 1. The molecule has 0 bridgehead atoms. The van der Waals surface area contributed by atoms with Gasteiger partial charge in [0, 0.05) is 17.3 Å². The summed E-state index contributed by atoms with van der Waals surface area (Å²) in [6, 6.07) is 8.58. The molecule has 0 spiro atoms. The van der Waals surface area contributed by atoms with E-state index in [9.17, 15) is 18.2 Å². The lowest BCUT2D eigenvalue weighted by Gasteiger charge is -2.12. The minimum absolute atomic E-state index is 0.0522. The summed E-state index contributed by atoms with van der Waals surface area (Å²) >= 11 is 2.69. The smallest absolute Gasteiger partial charge is 0.307 e. The Morgan fingerprint density at radius 1 is 1.21 bits per heavy atom. The number of allylic oxidation sites excluding steroid dienone is 2. The fraction of sp³-hybridized carbons (Fsp3) is 0.0455. The third-order valence-corrected chi connectivity index (χ3v) is 8.05. The Morgan fingerprint density at radius 3 is 2.88 bits per heavy atom. The highest BCUT2D eigenvalue weighted by atomic mass is 32.2. The van der Waals surface area contributed by atoms with Crippen LogP contribution >= 0.6 is 23.1 Å². The number of hydrogen-bond acceptors (Lipinski definition) is 6. The Balaban J connectivity index is 1.38. The van der Waals surface area contributed by atoms with Gasteiger partial charge in [-0.15, -0.1) is 11.3 Å². The number of nitrogens with zero attached hydrogens (tertiary/aromatic N) is 2. The molecule has 0 saturated heterocycles. The maximum Gasteiger partial charge on any atom is 0.331 e. The van der Waals surface area contributed by atoms with Crippen molar-refractivity contribution in [3.05, 3.63) is 86.1 Å². The van der Waals surface area contributed by atoms with Crippen LogP contribution in [-0.2, 0) is 11.0 Å². The molecule has 2 aromatic carbocycles. The number of thiazole rings is 1. The first-order chi connectivity index (χ1) is 16.0. The minimum Gasteiger partial charge on any atom is -0.307 e. The van der Waals surface area contributed by atoms with E-state index in [-0.39, 0.29) is 16.9 Å². The van der Waals surface area contributed by atoms with Crippen LogP contribution in [0.3, 0.4) is 0 Å². The average Bonchev–Trinajstić information content (AvgIpc) is 3.27. The topological polar surface area (TPSA) is 93.1 Å². The van der Waals surface area contributed by atoms with Crippen LogP contribution in [0.5, 0.6) is 0 Å². The highest BCUT2D eigenvalue weighted by Gasteiger charge is 2.15. The zero-order valence-corrected chi connectivity index (χ0v) is 19.2. The molecule has 1 atom stereocenters. The van der Waals surface area contributed by atoms with Crippen molar-refractivity contribution in [3.8, 4) is 5.69 Å². The van der Waals surface area contributed by atoms with Crippen molar-refractivity contribution in [2.75, 3.05) is 5.32 Å². The summed E-state index contributed by atoms with van der Waals surface area (Å²) < 4.78 is 32.1. The number of rotatable bonds is 4. The third-order valence-electron chi connectivity index (χ3n) is 4.89. The van der Waals surface area contributed by atoms with Crippen molar-refractivity contribution in [2.24, 2.45) is 0 Å². The van der Waals surface area contributed by atoms with Crippen LogP contribution in [0.15, 0.2) is 74.7 Å². The summed E-state index contributed by atoms with van der Waals surface area (Å²) in [4.78, 5) is 29.5. The quantitative estimate of drug-likeness (QED) is 0.412. The monoisotopic (exact) mass is 498 g/mol. The van der Waals surface area contributed by atoms with Gasteiger partial charge in [-0.1, -0.05) is 23.9 Å². The summed E-state index contributed by atoms with van der Waals surface area (Å²) in [6.07, 6.45) is 5.83. The van der Waals surface area contributed by atoms with Gasteiger partial charge >= 0.3 is 6.03 Å². The zero-order chi connectivity index (χ0) is 22.9. The summed E-state index contributed by atoms with van der Waals surface area (Å²) in [5.74, 6) is -0.690. The fourth-order valence-corrected chi connectivity index (χ4v) is 5.80. The Morgan fingerprint density at radius 2 is 2.09 bits per heavy atom. The van der Waals surface area contributed by atoms with Gasteiger partial charge in [0.25, 0.3) is 5.56 Å². The SMILES string of the molecule is O=C(Nc1ccc(-n2ccc3cc4ncsc4cc3c2=O)c(F)c1)NS(=O)C1=CCC=CS1. The number of hydrogen-bond donors (Lipinski definition) is 2. The molecule has 1 aliphatic heterocycles. The van der Waals surface area contributed by atoms with E-state index < -0.39 is 22.8 Å². The van der Waals surface area contributed by atoms with Gasteiger partial charge in [-0.25, -0.2) is 18.4 Å². The molecular weight excluding hydrogens is 483 g/mol. The third kappa shape index (κ3) is 4.34. The number of halogens is 1. The van der Waals surface area contributed by atoms with E-state index in [2.05, 4.69) is 15.0 Å². The number of amides is 2. The van der Waals surface area contributed by atoms with Gasteiger partial charge in [0.05, 0.1) is 25.7 Å². The lowest BCUT2D eigenvalue weighted by molar-refractivity contribution is 0.257. The van der Waals surface area contributed by atoms with E-state index in [1.54, 1.807) is 29.1 Å².